The lowest BCUT2D eigenvalue weighted by atomic mass is 10.2. The van der Waals surface area contributed by atoms with Gasteiger partial charge in [-0.1, -0.05) is 0 Å². The Kier molecular flexibility index (Phi) is 6.99. The Balaban J connectivity index is 2.35. The molecule has 0 aliphatic heterocycles. The highest BCUT2D eigenvalue weighted by atomic mass is 19.1. The van der Waals surface area contributed by atoms with Crippen molar-refractivity contribution < 1.29 is 27.8 Å². The molecule has 0 unspecified atom stereocenters. The quantitative estimate of drug-likeness (QED) is 0.511. The number of halogens is 2. The van der Waals surface area contributed by atoms with E-state index in [9.17, 15) is 13.6 Å². The van der Waals surface area contributed by atoms with Crippen LogP contribution in [-0.4, -0.2) is 39.8 Å². The van der Waals surface area contributed by atoms with Crippen LogP contribution in [0.4, 0.5) is 8.78 Å². The van der Waals surface area contributed by atoms with Crippen LogP contribution < -0.4 is 4.74 Å². The summed E-state index contributed by atoms with van der Waals surface area (Å²) in [5.41, 5.74) is -0.0711. The van der Waals surface area contributed by atoms with Crippen LogP contribution in [0, 0.1) is 11.6 Å². The lowest BCUT2D eigenvalue weighted by molar-refractivity contribution is 0.0786. The maximum atomic E-state index is 13.4. The van der Waals surface area contributed by atoms with E-state index in [0.29, 0.717) is 19.5 Å². The molecule has 1 aromatic carbocycles. The Morgan fingerprint density at radius 2 is 1.79 bits per heavy atom. The van der Waals surface area contributed by atoms with Crippen molar-refractivity contribution in [2.45, 2.75) is 6.42 Å². The molecule has 6 heteroatoms. The van der Waals surface area contributed by atoms with Crippen molar-refractivity contribution in [2.75, 3.05) is 33.5 Å². The maximum Gasteiger partial charge on any atom is 0.190 e. The fraction of sp³-hybridized carbons (Fsp3) is 0.462. The van der Waals surface area contributed by atoms with E-state index in [-0.39, 0.29) is 18.8 Å². The van der Waals surface area contributed by atoms with Crippen LogP contribution >= 0.6 is 0 Å². The summed E-state index contributed by atoms with van der Waals surface area (Å²) in [6.07, 6.45) is 1.11. The number of rotatable bonds is 9. The second kappa shape index (κ2) is 8.55. The van der Waals surface area contributed by atoms with E-state index < -0.39 is 17.4 Å². The van der Waals surface area contributed by atoms with Crippen LogP contribution in [-0.2, 0) is 9.47 Å². The number of methoxy groups -OCH3 is 1. The second-order valence-corrected chi connectivity index (χ2v) is 3.74. The van der Waals surface area contributed by atoms with E-state index in [4.69, 9.17) is 14.2 Å². The molecule has 0 radical (unpaired) electrons. The predicted molar refractivity (Wildman–Crippen MR) is 64.6 cm³/mol. The normalized spacial score (nSPS) is 10.5. The van der Waals surface area contributed by atoms with Gasteiger partial charge in [0.05, 0.1) is 6.61 Å². The van der Waals surface area contributed by atoms with Gasteiger partial charge in [-0.2, -0.15) is 0 Å². The Labute approximate surface area is 110 Å². The van der Waals surface area contributed by atoms with Gasteiger partial charge >= 0.3 is 0 Å². The van der Waals surface area contributed by atoms with Crippen LogP contribution in [0.1, 0.15) is 16.8 Å². The first-order valence-corrected chi connectivity index (χ1v) is 5.82. The maximum absolute atomic E-state index is 13.4. The van der Waals surface area contributed by atoms with Crippen LogP contribution in [0.3, 0.4) is 0 Å². The molecule has 0 amide bonds. The van der Waals surface area contributed by atoms with Gasteiger partial charge in [0.25, 0.3) is 0 Å². The first-order valence-electron chi connectivity index (χ1n) is 5.82. The zero-order valence-corrected chi connectivity index (χ0v) is 10.7. The molecule has 1 aromatic rings. The molecule has 0 bridgehead atoms. The van der Waals surface area contributed by atoms with Gasteiger partial charge in [0.15, 0.2) is 17.4 Å². The molecule has 0 N–H and O–H groups in total. The van der Waals surface area contributed by atoms with E-state index in [1.54, 1.807) is 7.11 Å². The Morgan fingerprint density at radius 3 is 2.37 bits per heavy atom. The topological polar surface area (TPSA) is 44.8 Å². The summed E-state index contributed by atoms with van der Waals surface area (Å²) in [5, 5.41) is 0. The van der Waals surface area contributed by atoms with Crippen molar-refractivity contribution >= 4 is 6.29 Å². The van der Waals surface area contributed by atoms with Crippen LogP contribution in [0.15, 0.2) is 12.1 Å². The minimum absolute atomic E-state index is 0.0290. The third-order valence-electron chi connectivity index (χ3n) is 2.27. The molecule has 1 rings (SSSR count). The number of ether oxygens (including phenoxy) is 3. The summed E-state index contributed by atoms with van der Waals surface area (Å²) in [7, 11) is 1.59. The summed E-state index contributed by atoms with van der Waals surface area (Å²) in [5.74, 6) is -2.30. The summed E-state index contributed by atoms with van der Waals surface area (Å²) in [4.78, 5) is 10.4. The molecule has 106 valence electrons. The third-order valence-corrected chi connectivity index (χ3v) is 2.27. The first kappa shape index (κ1) is 15.5. The van der Waals surface area contributed by atoms with E-state index in [0.717, 1.165) is 18.6 Å². The molecule has 0 saturated carbocycles. The smallest absolute Gasteiger partial charge is 0.190 e. The third kappa shape index (κ3) is 5.32. The summed E-state index contributed by atoms with van der Waals surface area (Å²) < 4.78 is 41.7. The van der Waals surface area contributed by atoms with Gasteiger partial charge in [-0.05, 0) is 18.6 Å². The molecule has 0 aromatic heterocycles. The van der Waals surface area contributed by atoms with Gasteiger partial charge < -0.3 is 14.2 Å². The van der Waals surface area contributed by atoms with Crippen LogP contribution in [0.5, 0.6) is 5.75 Å². The Hall–Kier alpha value is -1.53. The number of carbonyl (C=O) groups excluding carboxylic acids is 1. The second-order valence-electron chi connectivity index (χ2n) is 3.74. The summed E-state index contributed by atoms with van der Waals surface area (Å²) >= 11 is 0. The van der Waals surface area contributed by atoms with Crippen molar-refractivity contribution in [2.24, 2.45) is 0 Å². The molecule has 0 fully saturated rings. The molecule has 0 spiro atoms. The molecule has 0 atom stereocenters. The zero-order chi connectivity index (χ0) is 14.1. The molecule has 4 nitrogen and oxygen atoms in total. The predicted octanol–water partition coefficient (Wildman–Crippen LogP) is 2.21. The lowest BCUT2D eigenvalue weighted by Crippen LogP contribution is -2.10. The molecular weight excluding hydrogens is 258 g/mol. The molecule has 0 heterocycles. The average molecular weight is 274 g/mol. The molecule has 0 aliphatic rings. The van der Waals surface area contributed by atoms with Crippen LogP contribution in [0.25, 0.3) is 0 Å². The summed E-state index contributed by atoms with van der Waals surface area (Å²) in [6, 6.07) is 1.84. The molecule has 19 heavy (non-hydrogen) atoms. The SMILES string of the molecule is COCCCOCCOc1c(F)cc(C=O)cc1F. The van der Waals surface area contributed by atoms with Crippen molar-refractivity contribution in [3.63, 3.8) is 0 Å². The van der Waals surface area contributed by atoms with Gasteiger partial charge in [0.2, 0.25) is 0 Å². The Morgan fingerprint density at radius 1 is 1.11 bits per heavy atom. The van der Waals surface area contributed by atoms with Crippen LogP contribution in [0.2, 0.25) is 0 Å². The zero-order valence-electron chi connectivity index (χ0n) is 10.7. The van der Waals surface area contributed by atoms with Crippen molar-refractivity contribution in [3.05, 3.63) is 29.3 Å². The summed E-state index contributed by atoms with van der Waals surface area (Å²) in [6.45, 7) is 1.34. The number of aldehydes is 1. The monoisotopic (exact) mass is 274 g/mol. The standard InChI is InChI=1S/C13H16F2O4/c1-17-3-2-4-18-5-6-19-13-11(14)7-10(9-16)8-12(13)15/h7-9H,2-6H2,1H3. The lowest BCUT2D eigenvalue weighted by Gasteiger charge is -2.09. The fourth-order valence-corrected chi connectivity index (χ4v) is 1.40. The number of benzene rings is 1. The van der Waals surface area contributed by atoms with Gasteiger partial charge in [-0.3, -0.25) is 4.79 Å². The van der Waals surface area contributed by atoms with E-state index in [1.807, 2.05) is 0 Å². The average Bonchev–Trinajstić information content (AvgIpc) is 2.40. The van der Waals surface area contributed by atoms with Crippen molar-refractivity contribution in [1.29, 1.82) is 0 Å². The van der Waals surface area contributed by atoms with Gasteiger partial charge in [-0.25, -0.2) is 8.78 Å². The number of hydrogen-bond donors (Lipinski definition) is 0. The minimum Gasteiger partial charge on any atom is -0.485 e. The number of hydrogen-bond acceptors (Lipinski definition) is 4. The van der Waals surface area contributed by atoms with Gasteiger partial charge in [0.1, 0.15) is 12.9 Å². The highest BCUT2D eigenvalue weighted by Crippen LogP contribution is 2.22. The first-order chi connectivity index (χ1) is 9.19. The van der Waals surface area contributed by atoms with E-state index >= 15 is 0 Å². The number of carbonyl (C=O) groups is 1. The van der Waals surface area contributed by atoms with Gasteiger partial charge in [0, 0.05) is 25.9 Å². The van der Waals surface area contributed by atoms with Crippen molar-refractivity contribution in [3.8, 4) is 5.75 Å². The highest BCUT2D eigenvalue weighted by molar-refractivity contribution is 5.75. The molecular formula is C13H16F2O4. The largest absolute Gasteiger partial charge is 0.485 e. The molecule has 0 saturated heterocycles. The van der Waals surface area contributed by atoms with Crippen molar-refractivity contribution in [1.82, 2.24) is 0 Å². The Bertz CT molecular complexity index is 387. The van der Waals surface area contributed by atoms with E-state index in [1.165, 1.54) is 0 Å². The molecule has 0 aliphatic carbocycles. The van der Waals surface area contributed by atoms with E-state index in [2.05, 4.69) is 0 Å². The fourth-order valence-electron chi connectivity index (χ4n) is 1.40. The van der Waals surface area contributed by atoms with Gasteiger partial charge in [-0.15, -0.1) is 0 Å². The minimum atomic E-state index is -0.901. The highest BCUT2D eigenvalue weighted by Gasteiger charge is 2.12.